The van der Waals surface area contributed by atoms with Crippen LogP contribution in [0.1, 0.15) is 32.3 Å². The number of methoxy groups -OCH3 is 1. The minimum absolute atomic E-state index is 0.147. The van der Waals surface area contributed by atoms with E-state index in [0.717, 1.165) is 43.1 Å². The Labute approximate surface area is 121 Å². The van der Waals surface area contributed by atoms with Crippen molar-refractivity contribution in [3.63, 3.8) is 0 Å². The van der Waals surface area contributed by atoms with Gasteiger partial charge in [0.05, 0.1) is 13.7 Å². The second kappa shape index (κ2) is 7.50. The Morgan fingerprint density at radius 1 is 1.40 bits per heavy atom. The van der Waals surface area contributed by atoms with E-state index >= 15 is 0 Å². The van der Waals surface area contributed by atoms with E-state index in [0.29, 0.717) is 12.6 Å². The monoisotopic (exact) mass is 279 g/mol. The van der Waals surface area contributed by atoms with E-state index in [4.69, 9.17) is 14.2 Å². The van der Waals surface area contributed by atoms with E-state index in [1.165, 1.54) is 0 Å². The largest absolute Gasteiger partial charge is 0.497 e. The first-order chi connectivity index (χ1) is 9.69. The molecule has 1 aromatic carbocycles. The van der Waals surface area contributed by atoms with E-state index in [2.05, 4.69) is 25.2 Å². The molecule has 1 aromatic rings. The number of benzene rings is 1. The SMILES string of the molecule is COc1ccc(CNC(C)C)c(OC2CCCOC2)c1. The molecular weight excluding hydrogens is 254 g/mol. The molecule has 0 aliphatic carbocycles. The fourth-order valence-electron chi connectivity index (χ4n) is 2.22. The van der Waals surface area contributed by atoms with Crippen molar-refractivity contribution in [3.05, 3.63) is 23.8 Å². The van der Waals surface area contributed by atoms with Gasteiger partial charge in [0.15, 0.2) is 0 Å². The van der Waals surface area contributed by atoms with Gasteiger partial charge in [-0.05, 0) is 18.9 Å². The Kier molecular flexibility index (Phi) is 5.68. The molecule has 0 bridgehead atoms. The van der Waals surface area contributed by atoms with Crippen LogP contribution in [-0.4, -0.2) is 32.5 Å². The quantitative estimate of drug-likeness (QED) is 0.869. The van der Waals surface area contributed by atoms with Crippen molar-refractivity contribution < 1.29 is 14.2 Å². The Bertz CT molecular complexity index is 414. The van der Waals surface area contributed by atoms with Gasteiger partial charge in [0.1, 0.15) is 17.6 Å². The van der Waals surface area contributed by atoms with Gasteiger partial charge in [-0.3, -0.25) is 0 Å². The normalized spacial score (nSPS) is 19.1. The summed E-state index contributed by atoms with van der Waals surface area (Å²) in [5, 5.41) is 3.42. The maximum absolute atomic E-state index is 6.12. The van der Waals surface area contributed by atoms with Gasteiger partial charge in [-0.2, -0.15) is 0 Å². The second-order valence-electron chi connectivity index (χ2n) is 5.47. The molecule has 1 N–H and O–H groups in total. The summed E-state index contributed by atoms with van der Waals surface area (Å²) in [4.78, 5) is 0. The van der Waals surface area contributed by atoms with Crippen molar-refractivity contribution in [2.45, 2.75) is 45.4 Å². The third kappa shape index (κ3) is 4.39. The summed E-state index contributed by atoms with van der Waals surface area (Å²) < 4.78 is 16.9. The highest BCUT2D eigenvalue weighted by molar-refractivity contribution is 5.41. The summed E-state index contributed by atoms with van der Waals surface area (Å²) in [5.74, 6) is 1.72. The minimum Gasteiger partial charge on any atom is -0.497 e. The van der Waals surface area contributed by atoms with E-state index in [9.17, 15) is 0 Å². The van der Waals surface area contributed by atoms with E-state index in [1.807, 2.05) is 12.1 Å². The molecule has 4 heteroatoms. The fraction of sp³-hybridized carbons (Fsp3) is 0.625. The molecule has 1 saturated heterocycles. The maximum Gasteiger partial charge on any atom is 0.128 e. The third-order valence-electron chi connectivity index (χ3n) is 3.39. The van der Waals surface area contributed by atoms with Crippen LogP contribution in [-0.2, 0) is 11.3 Å². The highest BCUT2D eigenvalue weighted by Crippen LogP contribution is 2.27. The summed E-state index contributed by atoms with van der Waals surface area (Å²) in [5.41, 5.74) is 1.16. The molecule has 112 valence electrons. The number of hydrogen-bond acceptors (Lipinski definition) is 4. The predicted molar refractivity (Wildman–Crippen MR) is 79.4 cm³/mol. The van der Waals surface area contributed by atoms with Crippen LogP contribution in [0, 0.1) is 0 Å². The lowest BCUT2D eigenvalue weighted by Gasteiger charge is -2.25. The average molecular weight is 279 g/mol. The predicted octanol–water partition coefficient (Wildman–Crippen LogP) is 2.75. The van der Waals surface area contributed by atoms with Crippen molar-refractivity contribution in [2.75, 3.05) is 20.3 Å². The van der Waals surface area contributed by atoms with Crippen molar-refractivity contribution in [2.24, 2.45) is 0 Å². The molecule has 0 saturated carbocycles. The zero-order valence-corrected chi connectivity index (χ0v) is 12.6. The van der Waals surface area contributed by atoms with Crippen molar-refractivity contribution in [3.8, 4) is 11.5 Å². The van der Waals surface area contributed by atoms with E-state index in [1.54, 1.807) is 7.11 Å². The van der Waals surface area contributed by atoms with E-state index in [-0.39, 0.29) is 6.10 Å². The second-order valence-corrected chi connectivity index (χ2v) is 5.47. The smallest absolute Gasteiger partial charge is 0.128 e. The highest BCUT2D eigenvalue weighted by atomic mass is 16.5. The van der Waals surface area contributed by atoms with Crippen LogP contribution in [0.3, 0.4) is 0 Å². The summed E-state index contributed by atoms with van der Waals surface area (Å²) in [6.07, 6.45) is 2.26. The third-order valence-corrected chi connectivity index (χ3v) is 3.39. The van der Waals surface area contributed by atoms with Crippen LogP contribution in [0.2, 0.25) is 0 Å². The van der Waals surface area contributed by atoms with Crippen LogP contribution >= 0.6 is 0 Å². The first-order valence-electron chi connectivity index (χ1n) is 7.33. The Morgan fingerprint density at radius 2 is 2.25 bits per heavy atom. The molecule has 2 rings (SSSR count). The lowest BCUT2D eigenvalue weighted by molar-refractivity contribution is 0.00692. The first kappa shape index (κ1) is 15.1. The van der Waals surface area contributed by atoms with Gasteiger partial charge in [0.2, 0.25) is 0 Å². The zero-order valence-electron chi connectivity index (χ0n) is 12.6. The molecule has 1 fully saturated rings. The van der Waals surface area contributed by atoms with Crippen molar-refractivity contribution >= 4 is 0 Å². The summed E-state index contributed by atoms with van der Waals surface area (Å²) in [6.45, 7) is 6.59. The molecule has 0 aromatic heterocycles. The van der Waals surface area contributed by atoms with Gasteiger partial charge in [-0.15, -0.1) is 0 Å². The standard InChI is InChI=1S/C16H25NO3/c1-12(2)17-10-13-6-7-14(18-3)9-16(13)20-15-5-4-8-19-11-15/h6-7,9,12,15,17H,4-5,8,10-11H2,1-3H3. The number of rotatable bonds is 6. The lowest BCUT2D eigenvalue weighted by atomic mass is 10.1. The van der Waals surface area contributed by atoms with Gasteiger partial charge in [0.25, 0.3) is 0 Å². The molecule has 1 unspecified atom stereocenters. The number of hydrogen-bond donors (Lipinski definition) is 1. The maximum atomic E-state index is 6.12. The van der Waals surface area contributed by atoms with Gasteiger partial charge in [-0.1, -0.05) is 19.9 Å². The van der Waals surface area contributed by atoms with Gasteiger partial charge >= 0.3 is 0 Å². The molecule has 0 spiro atoms. The molecular formula is C16H25NO3. The number of nitrogens with one attached hydrogen (secondary N) is 1. The average Bonchev–Trinajstić information content (AvgIpc) is 2.46. The van der Waals surface area contributed by atoms with Crippen LogP contribution in [0.5, 0.6) is 11.5 Å². The topological polar surface area (TPSA) is 39.7 Å². The Morgan fingerprint density at radius 3 is 2.90 bits per heavy atom. The highest BCUT2D eigenvalue weighted by Gasteiger charge is 2.17. The summed E-state index contributed by atoms with van der Waals surface area (Å²) in [6, 6.07) is 6.45. The molecule has 1 heterocycles. The van der Waals surface area contributed by atoms with Gasteiger partial charge in [-0.25, -0.2) is 0 Å². The minimum atomic E-state index is 0.147. The van der Waals surface area contributed by atoms with Crippen molar-refractivity contribution in [1.82, 2.24) is 5.32 Å². The molecule has 4 nitrogen and oxygen atoms in total. The Balaban J connectivity index is 2.09. The van der Waals surface area contributed by atoms with Gasteiger partial charge < -0.3 is 19.5 Å². The van der Waals surface area contributed by atoms with Crippen LogP contribution in [0.15, 0.2) is 18.2 Å². The molecule has 0 amide bonds. The fourth-order valence-corrected chi connectivity index (χ4v) is 2.22. The summed E-state index contributed by atoms with van der Waals surface area (Å²) in [7, 11) is 1.68. The molecule has 1 aliphatic rings. The van der Waals surface area contributed by atoms with Gasteiger partial charge in [0, 0.05) is 30.8 Å². The van der Waals surface area contributed by atoms with Crippen LogP contribution in [0.4, 0.5) is 0 Å². The molecule has 20 heavy (non-hydrogen) atoms. The Hall–Kier alpha value is -1.26. The molecule has 0 radical (unpaired) electrons. The molecule has 1 aliphatic heterocycles. The van der Waals surface area contributed by atoms with Crippen LogP contribution < -0.4 is 14.8 Å². The first-order valence-corrected chi connectivity index (χ1v) is 7.33. The zero-order chi connectivity index (χ0) is 14.4. The van der Waals surface area contributed by atoms with Crippen molar-refractivity contribution in [1.29, 1.82) is 0 Å². The number of ether oxygens (including phenoxy) is 3. The lowest BCUT2D eigenvalue weighted by Crippen LogP contribution is -2.29. The van der Waals surface area contributed by atoms with Crippen LogP contribution in [0.25, 0.3) is 0 Å². The molecule has 1 atom stereocenters. The summed E-state index contributed by atoms with van der Waals surface area (Å²) >= 11 is 0. The van der Waals surface area contributed by atoms with E-state index < -0.39 is 0 Å².